The highest BCUT2D eigenvalue weighted by atomic mass is 16.6. The zero-order valence-corrected chi connectivity index (χ0v) is 18.1. The van der Waals surface area contributed by atoms with Gasteiger partial charge in [0.1, 0.15) is 11.5 Å². The Kier molecular flexibility index (Phi) is 10.6. The molecule has 30 heavy (non-hydrogen) atoms. The lowest BCUT2D eigenvalue weighted by molar-refractivity contribution is -0.384. The third-order valence-corrected chi connectivity index (χ3v) is 5.27. The number of unbranched alkanes of at least 4 members (excludes halogenated alkanes) is 8. The van der Waals surface area contributed by atoms with E-state index in [1.54, 1.807) is 12.1 Å². The van der Waals surface area contributed by atoms with E-state index in [1.807, 2.05) is 30.3 Å². The number of carbonyl (C=O) groups excluding carboxylic acids is 1. The van der Waals surface area contributed by atoms with Crippen molar-refractivity contribution in [1.82, 2.24) is 0 Å². The monoisotopic (exact) mass is 410 g/mol. The summed E-state index contributed by atoms with van der Waals surface area (Å²) in [5.41, 5.74) is 1.91. The van der Waals surface area contributed by atoms with Gasteiger partial charge < -0.3 is 5.32 Å². The first-order chi connectivity index (χ1) is 14.6. The largest absolute Gasteiger partial charge is 0.350 e. The van der Waals surface area contributed by atoms with Gasteiger partial charge in [0.05, 0.1) is 4.92 Å². The Morgan fingerprint density at radius 3 is 2.17 bits per heavy atom. The fourth-order valence-electron chi connectivity index (χ4n) is 3.57. The standard InChI is InChI=1S/C25H34N2O3/c1-2-3-4-5-6-7-8-9-13-16-23(28)19-21-17-18-24(25(20-21)27(29)30)26-22-14-11-10-12-15-22/h10-12,14-15,17-18,20,26H,2-9,13,16,19H2,1H3. The molecule has 0 radical (unpaired) electrons. The molecule has 0 aliphatic rings. The van der Waals surface area contributed by atoms with Crippen LogP contribution in [0.3, 0.4) is 0 Å². The summed E-state index contributed by atoms with van der Waals surface area (Å²) in [6.45, 7) is 2.23. The Morgan fingerprint density at radius 1 is 0.900 bits per heavy atom. The number of benzene rings is 2. The molecule has 2 aromatic rings. The third kappa shape index (κ3) is 8.76. The summed E-state index contributed by atoms with van der Waals surface area (Å²) < 4.78 is 0. The average Bonchev–Trinajstić information content (AvgIpc) is 2.74. The van der Waals surface area contributed by atoms with Gasteiger partial charge in [0.15, 0.2) is 0 Å². The van der Waals surface area contributed by atoms with Crippen molar-refractivity contribution in [1.29, 1.82) is 0 Å². The molecule has 0 fully saturated rings. The minimum atomic E-state index is -0.403. The minimum Gasteiger partial charge on any atom is -0.350 e. The molecule has 0 spiro atoms. The molecule has 5 nitrogen and oxygen atoms in total. The van der Waals surface area contributed by atoms with Crippen molar-refractivity contribution < 1.29 is 9.72 Å². The van der Waals surface area contributed by atoms with Crippen molar-refractivity contribution >= 4 is 22.8 Å². The van der Waals surface area contributed by atoms with Gasteiger partial charge in [-0.3, -0.25) is 14.9 Å². The first kappa shape index (κ1) is 23.6. The SMILES string of the molecule is CCCCCCCCCCCC(=O)Cc1ccc(Nc2ccccc2)c([N+](=O)[O-])c1. The highest BCUT2D eigenvalue weighted by Gasteiger charge is 2.16. The van der Waals surface area contributed by atoms with Gasteiger partial charge in [0.2, 0.25) is 0 Å². The normalized spacial score (nSPS) is 10.7. The van der Waals surface area contributed by atoms with Gasteiger partial charge >= 0.3 is 0 Å². The van der Waals surface area contributed by atoms with Gasteiger partial charge in [-0.1, -0.05) is 82.6 Å². The predicted octanol–water partition coefficient (Wildman–Crippen LogP) is 7.37. The van der Waals surface area contributed by atoms with Crippen LogP contribution < -0.4 is 5.32 Å². The zero-order valence-electron chi connectivity index (χ0n) is 18.1. The Bertz CT molecular complexity index is 790. The van der Waals surface area contributed by atoms with Crippen LogP contribution in [-0.2, 0) is 11.2 Å². The number of nitro benzene ring substituents is 1. The lowest BCUT2D eigenvalue weighted by Crippen LogP contribution is -2.04. The number of ketones is 1. The molecule has 0 aromatic heterocycles. The topological polar surface area (TPSA) is 72.2 Å². The molecule has 0 aliphatic heterocycles. The summed E-state index contributed by atoms with van der Waals surface area (Å²) in [4.78, 5) is 23.4. The van der Waals surface area contributed by atoms with Crippen LogP contribution in [0.15, 0.2) is 48.5 Å². The van der Waals surface area contributed by atoms with Gasteiger partial charge in [0.25, 0.3) is 5.69 Å². The molecule has 1 N–H and O–H groups in total. The molecule has 0 heterocycles. The van der Waals surface area contributed by atoms with Crippen LogP contribution in [0, 0.1) is 10.1 Å². The molecule has 0 aliphatic carbocycles. The van der Waals surface area contributed by atoms with Crippen molar-refractivity contribution in [2.24, 2.45) is 0 Å². The number of hydrogen-bond donors (Lipinski definition) is 1. The van der Waals surface area contributed by atoms with E-state index in [2.05, 4.69) is 12.2 Å². The molecule has 0 unspecified atom stereocenters. The summed E-state index contributed by atoms with van der Waals surface area (Å²) >= 11 is 0. The molecule has 2 rings (SSSR count). The molecular formula is C25H34N2O3. The summed E-state index contributed by atoms with van der Waals surface area (Å²) in [5.74, 6) is 0.149. The van der Waals surface area contributed by atoms with Crippen LogP contribution in [0.25, 0.3) is 0 Å². The van der Waals surface area contributed by atoms with E-state index in [1.165, 1.54) is 51.0 Å². The number of nitrogens with one attached hydrogen (secondary N) is 1. The van der Waals surface area contributed by atoms with Gasteiger partial charge in [-0.05, 0) is 30.2 Å². The second kappa shape index (κ2) is 13.5. The van der Waals surface area contributed by atoms with Crippen molar-refractivity contribution in [2.75, 3.05) is 5.32 Å². The fraction of sp³-hybridized carbons (Fsp3) is 0.480. The number of para-hydroxylation sites is 1. The molecule has 162 valence electrons. The van der Waals surface area contributed by atoms with Gasteiger partial charge in [-0.2, -0.15) is 0 Å². The maximum atomic E-state index is 12.3. The molecule has 2 aromatic carbocycles. The predicted molar refractivity (Wildman–Crippen MR) is 123 cm³/mol. The number of nitro groups is 1. The van der Waals surface area contributed by atoms with Crippen LogP contribution in [-0.4, -0.2) is 10.7 Å². The number of nitrogens with zero attached hydrogens (tertiary/aromatic N) is 1. The smallest absolute Gasteiger partial charge is 0.292 e. The van der Waals surface area contributed by atoms with Crippen LogP contribution in [0.5, 0.6) is 0 Å². The number of rotatable bonds is 15. The van der Waals surface area contributed by atoms with E-state index in [0.717, 1.165) is 18.5 Å². The number of anilines is 2. The number of carbonyl (C=O) groups is 1. The summed E-state index contributed by atoms with van der Waals surface area (Å²) in [6, 6.07) is 14.3. The van der Waals surface area contributed by atoms with Gasteiger partial charge in [-0.15, -0.1) is 0 Å². The van der Waals surface area contributed by atoms with Crippen molar-refractivity contribution in [3.8, 4) is 0 Å². The third-order valence-electron chi connectivity index (χ3n) is 5.27. The van der Waals surface area contributed by atoms with Gasteiger partial charge in [-0.25, -0.2) is 0 Å². The Labute approximate surface area is 180 Å². The summed E-state index contributed by atoms with van der Waals surface area (Å²) in [6.07, 6.45) is 11.8. The highest BCUT2D eigenvalue weighted by Crippen LogP contribution is 2.29. The van der Waals surface area contributed by atoms with Crippen LogP contribution in [0.4, 0.5) is 17.1 Å². The second-order valence-corrected chi connectivity index (χ2v) is 7.89. The first-order valence-electron chi connectivity index (χ1n) is 11.2. The molecule has 0 amide bonds. The quantitative estimate of drug-likeness (QED) is 0.189. The summed E-state index contributed by atoms with van der Waals surface area (Å²) in [5, 5.41) is 14.6. The lowest BCUT2D eigenvalue weighted by atomic mass is 10.0. The fourth-order valence-corrected chi connectivity index (χ4v) is 3.57. The molecule has 0 bridgehead atoms. The second-order valence-electron chi connectivity index (χ2n) is 7.89. The molecule has 0 saturated carbocycles. The van der Waals surface area contributed by atoms with E-state index >= 15 is 0 Å². The van der Waals surface area contributed by atoms with Crippen LogP contribution in [0.1, 0.15) is 76.7 Å². The maximum absolute atomic E-state index is 12.3. The minimum absolute atomic E-state index is 0.00720. The van der Waals surface area contributed by atoms with Gasteiger partial charge in [0, 0.05) is 24.6 Å². The Balaban J connectivity index is 1.77. The number of hydrogen-bond acceptors (Lipinski definition) is 4. The molecular weight excluding hydrogens is 376 g/mol. The first-order valence-corrected chi connectivity index (χ1v) is 11.2. The van der Waals surface area contributed by atoms with E-state index in [0.29, 0.717) is 17.7 Å². The van der Waals surface area contributed by atoms with Crippen LogP contribution in [0.2, 0.25) is 0 Å². The van der Waals surface area contributed by atoms with Crippen molar-refractivity contribution in [2.45, 2.75) is 77.6 Å². The Hall–Kier alpha value is -2.69. The average molecular weight is 411 g/mol. The lowest BCUT2D eigenvalue weighted by Gasteiger charge is -2.09. The van der Waals surface area contributed by atoms with Crippen LogP contribution >= 0.6 is 0 Å². The van der Waals surface area contributed by atoms with Crippen molar-refractivity contribution in [3.63, 3.8) is 0 Å². The molecule has 0 saturated heterocycles. The highest BCUT2D eigenvalue weighted by molar-refractivity contribution is 5.81. The summed E-state index contributed by atoms with van der Waals surface area (Å²) in [7, 11) is 0. The van der Waals surface area contributed by atoms with Crippen molar-refractivity contribution in [3.05, 3.63) is 64.2 Å². The number of Topliss-reactive ketones (excluding diaryl/α,β-unsaturated/α-hetero) is 1. The van der Waals surface area contributed by atoms with E-state index in [-0.39, 0.29) is 17.9 Å². The zero-order chi connectivity index (χ0) is 21.6. The molecule has 5 heteroatoms. The van der Waals surface area contributed by atoms with E-state index in [9.17, 15) is 14.9 Å². The van der Waals surface area contributed by atoms with E-state index in [4.69, 9.17) is 0 Å². The Morgan fingerprint density at radius 2 is 1.53 bits per heavy atom. The maximum Gasteiger partial charge on any atom is 0.292 e. The molecule has 0 atom stereocenters. The van der Waals surface area contributed by atoms with E-state index < -0.39 is 4.92 Å².